The first kappa shape index (κ1) is 14.5. The number of nitriles is 2. The molecule has 18 heavy (non-hydrogen) atoms. The minimum atomic E-state index is 0.0336. The van der Waals surface area contributed by atoms with E-state index in [9.17, 15) is 4.79 Å². The molecule has 0 unspecified atom stereocenters. The molecule has 0 aliphatic heterocycles. The van der Waals surface area contributed by atoms with E-state index in [-0.39, 0.29) is 10.8 Å². The largest absolute Gasteiger partial charge is 0.300 e. The number of carbonyl (C=O) groups excluding carboxylic acids is 1. The lowest BCUT2D eigenvalue weighted by Crippen LogP contribution is -2.34. The number of ketones is 1. The predicted molar refractivity (Wildman–Crippen MR) is 69.3 cm³/mol. The molecule has 0 radical (unpaired) electrons. The second-order valence-electron chi connectivity index (χ2n) is 6.29. The van der Waals surface area contributed by atoms with Crippen LogP contribution in [-0.2, 0) is 4.79 Å². The molecular weight excluding hydrogens is 224 g/mol. The minimum Gasteiger partial charge on any atom is -0.300 e. The molecule has 3 nitrogen and oxygen atoms in total. The van der Waals surface area contributed by atoms with Crippen LogP contribution in [0, 0.1) is 33.5 Å². The van der Waals surface area contributed by atoms with E-state index in [1.165, 1.54) is 5.57 Å². The van der Waals surface area contributed by atoms with Crippen molar-refractivity contribution >= 4 is 5.78 Å². The SMILES string of the molecule is C=C1CC(C)(CC#N)C1.CC1(CC#N)CC(=O)C1. The van der Waals surface area contributed by atoms with Gasteiger partial charge in [-0.3, -0.25) is 4.79 Å². The van der Waals surface area contributed by atoms with Gasteiger partial charge in [0.25, 0.3) is 0 Å². The Bertz CT molecular complexity index is 378. The van der Waals surface area contributed by atoms with Gasteiger partial charge in [0.05, 0.1) is 12.1 Å². The maximum absolute atomic E-state index is 10.5. The second kappa shape index (κ2) is 5.36. The Hall–Kier alpha value is -1.61. The van der Waals surface area contributed by atoms with Gasteiger partial charge in [0.15, 0.2) is 0 Å². The first-order valence-corrected chi connectivity index (χ1v) is 6.25. The minimum absolute atomic E-state index is 0.0336. The lowest BCUT2D eigenvalue weighted by atomic mass is 9.66. The molecule has 3 heteroatoms. The molecule has 0 amide bonds. The Labute approximate surface area is 109 Å². The van der Waals surface area contributed by atoms with E-state index in [1.807, 2.05) is 6.92 Å². The molecule has 0 aromatic heterocycles. The van der Waals surface area contributed by atoms with Crippen molar-refractivity contribution in [3.05, 3.63) is 12.2 Å². The Kier molecular flexibility index (Phi) is 4.30. The monoisotopic (exact) mass is 244 g/mol. The Morgan fingerprint density at radius 3 is 1.72 bits per heavy atom. The van der Waals surface area contributed by atoms with Crippen LogP contribution in [0.2, 0.25) is 0 Å². The van der Waals surface area contributed by atoms with E-state index >= 15 is 0 Å². The van der Waals surface area contributed by atoms with Gasteiger partial charge in [0, 0.05) is 25.7 Å². The zero-order valence-corrected chi connectivity index (χ0v) is 11.3. The van der Waals surface area contributed by atoms with E-state index in [2.05, 4.69) is 25.6 Å². The third-order valence-corrected chi connectivity index (χ3v) is 3.61. The van der Waals surface area contributed by atoms with Crippen LogP contribution >= 0.6 is 0 Å². The molecule has 2 saturated carbocycles. The highest BCUT2D eigenvalue weighted by molar-refractivity contribution is 5.86. The van der Waals surface area contributed by atoms with Crippen molar-refractivity contribution in [2.75, 3.05) is 0 Å². The quantitative estimate of drug-likeness (QED) is 0.698. The standard InChI is InChI=1S/C8H11N.C7H9NO/c1-7-5-8(2,6-7)3-4-9;1-7(2-3-8)4-6(9)5-7/h1,3,5-6H2,2H3;2,4-5H2,1H3. The first-order chi connectivity index (χ1) is 8.32. The zero-order valence-electron chi connectivity index (χ0n) is 11.3. The molecule has 0 spiro atoms. The number of carbonyl (C=O) groups is 1. The fraction of sp³-hybridized carbons (Fsp3) is 0.667. The third-order valence-electron chi connectivity index (χ3n) is 3.61. The smallest absolute Gasteiger partial charge is 0.134 e. The van der Waals surface area contributed by atoms with Crippen molar-refractivity contribution in [1.82, 2.24) is 0 Å². The molecule has 0 saturated heterocycles. The zero-order chi connectivity index (χ0) is 13.8. The number of hydrogen-bond acceptors (Lipinski definition) is 3. The number of rotatable bonds is 2. The number of hydrogen-bond donors (Lipinski definition) is 0. The Morgan fingerprint density at radius 1 is 1.06 bits per heavy atom. The normalized spacial score (nSPS) is 22.4. The summed E-state index contributed by atoms with van der Waals surface area (Å²) in [5.74, 6) is 0.299. The van der Waals surface area contributed by atoms with Crippen molar-refractivity contribution in [2.24, 2.45) is 10.8 Å². The first-order valence-electron chi connectivity index (χ1n) is 6.25. The van der Waals surface area contributed by atoms with Crippen LogP contribution in [0.25, 0.3) is 0 Å². The van der Waals surface area contributed by atoms with Gasteiger partial charge in [-0.1, -0.05) is 26.0 Å². The molecule has 0 heterocycles. The average Bonchev–Trinajstić information content (AvgIpc) is 2.14. The summed E-state index contributed by atoms with van der Waals surface area (Å²) in [4.78, 5) is 10.5. The average molecular weight is 244 g/mol. The maximum Gasteiger partial charge on any atom is 0.134 e. The number of nitrogens with zero attached hydrogens (tertiary/aromatic N) is 2. The molecule has 2 rings (SSSR count). The van der Waals surface area contributed by atoms with Crippen molar-refractivity contribution in [3.8, 4) is 12.1 Å². The molecule has 0 aromatic carbocycles. The second-order valence-corrected chi connectivity index (χ2v) is 6.29. The van der Waals surface area contributed by atoms with Crippen LogP contribution in [0.15, 0.2) is 12.2 Å². The highest BCUT2D eigenvalue weighted by Crippen LogP contribution is 2.46. The van der Waals surface area contributed by atoms with Crippen LogP contribution in [0.1, 0.15) is 52.4 Å². The fourth-order valence-corrected chi connectivity index (χ4v) is 2.69. The van der Waals surface area contributed by atoms with Gasteiger partial charge in [-0.2, -0.15) is 10.5 Å². The van der Waals surface area contributed by atoms with E-state index in [0.717, 1.165) is 12.8 Å². The van der Waals surface area contributed by atoms with Crippen LogP contribution in [0.3, 0.4) is 0 Å². The summed E-state index contributed by atoms with van der Waals surface area (Å²) < 4.78 is 0. The van der Waals surface area contributed by atoms with Crippen molar-refractivity contribution in [3.63, 3.8) is 0 Å². The summed E-state index contributed by atoms with van der Waals surface area (Å²) in [6.07, 6.45) is 4.55. The predicted octanol–water partition coefficient (Wildman–Crippen LogP) is 3.53. The van der Waals surface area contributed by atoms with Gasteiger partial charge in [-0.25, -0.2) is 0 Å². The number of allylic oxidation sites excluding steroid dienone is 1. The molecule has 0 aromatic rings. The summed E-state index contributed by atoms with van der Waals surface area (Å²) in [5.41, 5.74) is 1.62. The lowest BCUT2D eigenvalue weighted by Gasteiger charge is -2.38. The molecule has 0 atom stereocenters. The third kappa shape index (κ3) is 3.70. The van der Waals surface area contributed by atoms with Gasteiger partial charge >= 0.3 is 0 Å². The molecule has 2 aliphatic carbocycles. The van der Waals surface area contributed by atoms with Gasteiger partial charge < -0.3 is 0 Å². The van der Waals surface area contributed by atoms with Gasteiger partial charge in [0.1, 0.15) is 5.78 Å². The van der Waals surface area contributed by atoms with Crippen molar-refractivity contribution < 1.29 is 4.79 Å². The van der Waals surface area contributed by atoms with Gasteiger partial charge in [0.2, 0.25) is 0 Å². The van der Waals surface area contributed by atoms with E-state index in [4.69, 9.17) is 10.5 Å². The molecule has 0 N–H and O–H groups in total. The van der Waals surface area contributed by atoms with Crippen LogP contribution < -0.4 is 0 Å². The summed E-state index contributed by atoms with van der Waals surface area (Å²) in [6.45, 7) is 7.96. The Balaban J connectivity index is 0.000000180. The summed E-state index contributed by atoms with van der Waals surface area (Å²) in [5, 5.41) is 16.7. The van der Waals surface area contributed by atoms with Gasteiger partial charge in [-0.15, -0.1) is 0 Å². The highest BCUT2D eigenvalue weighted by Gasteiger charge is 2.38. The van der Waals surface area contributed by atoms with Crippen LogP contribution in [0.4, 0.5) is 0 Å². The summed E-state index contributed by atoms with van der Waals surface area (Å²) in [7, 11) is 0. The van der Waals surface area contributed by atoms with E-state index in [1.54, 1.807) is 0 Å². The molecular formula is C15H20N2O. The maximum atomic E-state index is 10.5. The topological polar surface area (TPSA) is 64.7 Å². The van der Waals surface area contributed by atoms with Crippen LogP contribution in [0.5, 0.6) is 0 Å². The van der Waals surface area contributed by atoms with Crippen LogP contribution in [-0.4, -0.2) is 5.78 Å². The number of Topliss-reactive ketones (excluding diaryl/α,β-unsaturated/α-hetero) is 1. The fourth-order valence-electron chi connectivity index (χ4n) is 2.69. The van der Waals surface area contributed by atoms with Gasteiger partial charge in [-0.05, 0) is 23.7 Å². The molecule has 96 valence electrons. The van der Waals surface area contributed by atoms with Crippen molar-refractivity contribution in [1.29, 1.82) is 10.5 Å². The lowest BCUT2D eigenvalue weighted by molar-refractivity contribution is -0.131. The molecule has 2 fully saturated rings. The highest BCUT2D eigenvalue weighted by atomic mass is 16.1. The Morgan fingerprint density at radius 2 is 1.44 bits per heavy atom. The van der Waals surface area contributed by atoms with E-state index < -0.39 is 0 Å². The molecule has 0 bridgehead atoms. The summed E-state index contributed by atoms with van der Waals surface area (Å²) in [6, 6.07) is 4.27. The summed E-state index contributed by atoms with van der Waals surface area (Å²) >= 11 is 0. The molecule has 2 aliphatic rings. The van der Waals surface area contributed by atoms with E-state index in [0.29, 0.717) is 31.5 Å². The van der Waals surface area contributed by atoms with Crippen molar-refractivity contribution in [2.45, 2.75) is 52.4 Å².